The number of nitrogens with one attached hydrogen (secondary N) is 1. The van der Waals surface area contributed by atoms with Crippen LogP contribution in [0.15, 0.2) is 34.1 Å². The van der Waals surface area contributed by atoms with Crippen LogP contribution in [0, 0.1) is 6.92 Å². The minimum Gasteiger partial charge on any atom is -0.206 e. The molecule has 0 unspecified atom stereocenters. The molecule has 0 radical (unpaired) electrons. The fourth-order valence-electron chi connectivity index (χ4n) is 1.54. The van der Waals surface area contributed by atoms with E-state index in [1.54, 1.807) is 12.1 Å². The van der Waals surface area contributed by atoms with Gasteiger partial charge < -0.3 is 0 Å². The fourth-order valence-corrected chi connectivity index (χ4v) is 5.05. The van der Waals surface area contributed by atoms with Gasteiger partial charge >= 0.3 is 0 Å². The van der Waals surface area contributed by atoms with E-state index in [-0.39, 0.29) is 34.9 Å². The molecule has 0 atom stereocenters. The van der Waals surface area contributed by atoms with Crippen LogP contribution in [-0.4, -0.2) is 8.42 Å². The third kappa shape index (κ3) is 4.22. The lowest BCUT2D eigenvalue weighted by atomic mass is 10.2. The first-order valence-electron chi connectivity index (χ1n) is 5.92. The molecule has 0 bridgehead atoms. The minimum absolute atomic E-state index is 0.000216. The SMILES string of the molecule is Cc1ccc(S(=O)(=O)NSc2c(Cl)c(Cl)c(Cl)c(Cl)c2Cl)cc1. The Kier molecular flexibility index (Phi) is 6.42. The van der Waals surface area contributed by atoms with E-state index in [4.69, 9.17) is 58.0 Å². The van der Waals surface area contributed by atoms with E-state index < -0.39 is 10.0 Å². The zero-order valence-electron chi connectivity index (χ0n) is 11.3. The molecule has 0 aromatic heterocycles. The molecule has 2 aromatic rings. The second-order valence-corrected chi connectivity index (χ2v) is 9.05. The number of benzene rings is 2. The van der Waals surface area contributed by atoms with Gasteiger partial charge in [-0.1, -0.05) is 75.7 Å². The van der Waals surface area contributed by atoms with Gasteiger partial charge in [-0.15, -0.1) is 4.13 Å². The molecule has 2 rings (SSSR count). The largest absolute Gasteiger partial charge is 0.250 e. The predicted molar refractivity (Wildman–Crippen MR) is 98.8 cm³/mol. The van der Waals surface area contributed by atoms with Crippen LogP contribution in [0.5, 0.6) is 0 Å². The van der Waals surface area contributed by atoms with Crippen molar-refractivity contribution in [3.8, 4) is 0 Å². The first-order chi connectivity index (χ1) is 10.6. The number of hydrogen-bond donors (Lipinski definition) is 1. The van der Waals surface area contributed by atoms with Crippen LogP contribution in [-0.2, 0) is 10.0 Å². The smallest absolute Gasteiger partial charge is 0.206 e. The van der Waals surface area contributed by atoms with Crippen molar-refractivity contribution in [1.82, 2.24) is 4.13 Å². The number of aryl methyl sites for hydroxylation is 1. The highest BCUT2D eigenvalue weighted by atomic mass is 35.5. The molecule has 0 spiro atoms. The summed E-state index contributed by atoms with van der Waals surface area (Å²) in [7, 11) is -3.77. The molecule has 1 N–H and O–H groups in total. The second-order valence-electron chi connectivity index (χ2n) is 4.40. The lowest BCUT2D eigenvalue weighted by Crippen LogP contribution is -2.16. The molecule has 124 valence electrons. The Morgan fingerprint density at radius 3 is 1.74 bits per heavy atom. The number of halogens is 5. The minimum atomic E-state index is -3.77. The van der Waals surface area contributed by atoms with Gasteiger partial charge in [0.05, 0.1) is 34.9 Å². The van der Waals surface area contributed by atoms with Crippen molar-refractivity contribution >= 4 is 80.0 Å². The predicted octanol–water partition coefficient (Wildman–Crippen LogP) is 6.25. The highest BCUT2D eigenvalue weighted by Crippen LogP contribution is 2.47. The molecule has 3 nitrogen and oxygen atoms in total. The molecular formula is C13H8Cl5NO2S2. The van der Waals surface area contributed by atoms with Crippen molar-refractivity contribution in [3.63, 3.8) is 0 Å². The fraction of sp³-hybridized carbons (Fsp3) is 0.0769. The quantitative estimate of drug-likeness (QED) is 0.340. The Morgan fingerprint density at radius 2 is 1.26 bits per heavy atom. The van der Waals surface area contributed by atoms with Crippen molar-refractivity contribution < 1.29 is 8.42 Å². The number of sulfonamides is 1. The highest BCUT2D eigenvalue weighted by Gasteiger charge is 2.22. The summed E-state index contributed by atoms with van der Waals surface area (Å²) in [6.07, 6.45) is 0. The van der Waals surface area contributed by atoms with Crippen LogP contribution in [0.4, 0.5) is 0 Å². The Balaban J connectivity index is 2.33. The van der Waals surface area contributed by atoms with E-state index in [1.165, 1.54) is 12.1 Å². The first kappa shape index (κ1) is 19.5. The lowest BCUT2D eigenvalue weighted by molar-refractivity contribution is 0.594. The van der Waals surface area contributed by atoms with E-state index in [9.17, 15) is 8.42 Å². The van der Waals surface area contributed by atoms with Crippen molar-refractivity contribution in [2.75, 3.05) is 0 Å². The van der Waals surface area contributed by atoms with Gasteiger partial charge in [0.15, 0.2) is 0 Å². The van der Waals surface area contributed by atoms with Crippen molar-refractivity contribution in [3.05, 3.63) is 54.9 Å². The van der Waals surface area contributed by atoms with E-state index in [1.807, 2.05) is 6.92 Å². The van der Waals surface area contributed by atoms with Gasteiger partial charge in [0.2, 0.25) is 10.0 Å². The molecule has 23 heavy (non-hydrogen) atoms. The molecule has 2 aromatic carbocycles. The third-order valence-electron chi connectivity index (χ3n) is 2.75. The zero-order chi connectivity index (χ0) is 17.4. The number of rotatable bonds is 4. The van der Waals surface area contributed by atoms with Gasteiger partial charge in [-0.2, -0.15) is 0 Å². The second kappa shape index (κ2) is 7.58. The Hall–Kier alpha value is 0.150. The summed E-state index contributed by atoms with van der Waals surface area (Å²) < 4.78 is 26.9. The van der Waals surface area contributed by atoms with E-state index >= 15 is 0 Å². The van der Waals surface area contributed by atoms with E-state index in [0.29, 0.717) is 11.9 Å². The summed E-state index contributed by atoms with van der Waals surface area (Å²) in [6, 6.07) is 6.36. The maximum absolute atomic E-state index is 12.3. The lowest BCUT2D eigenvalue weighted by Gasteiger charge is -2.12. The van der Waals surface area contributed by atoms with Crippen molar-refractivity contribution in [2.45, 2.75) is 16.7 Å². The summed E-state index contributed by atoms with van der Waals surface area (Å²) >= 11 is 30.6. The van der Waals surface area contributed by atoms with Crippen LogP contribution < -0.4 is 4.13 Å². The molecule has 0 amide bonds. The zero-order valence-corrected chi connectivity index (χ0v) is 16.7. The van der Waals surface area contributed by atoms with E-state index in [0.717, 1.165) is 5.56 Å². The van der Waals surface area contributed by atoms with Crippen LogP contribution in [0.25, 0.3) is 0 Å². The molecular weight excluding hydrogens is 444 g/mol. The standard InChI is InChI=1S/C13H8Cl5NO2S2/c1-6-2-4-7(5-3-6)23(20,21)19-22-13-11(17)9(15)8(14)10(16)12(13)18/h2-5,19H,1H3. The topological polar surface area (TPSA) is 46.2 Å². The molecule has 0 saturated heterocycles. The summed E-state index contributed by atoms with van der Waals surface area (Å²) in [5.41, 5.74) is 0.943. The summed E-state index contributed by atoms with van der Waals surface area (Å²) in [6.45, 7) is 1.86. The van der Waals surface area contributed by atoms with Gasteiger partial charge in [-0.25, -0.2) is 8.42 Å². The van der Waals surface area contributed by atoms with Gasteiger partial charge in [-0.05, 0) is 31.0 Å². The molecule has 0 saturated carbocycles. The summed E-state index contributed by atoms with van der Waals surface area (Å²) in [5, 5.41) is 0.0407. The van der Waals surface area contributed by atoms with Crippen LogP contribution in [0.3, 0.4) is 0 Å². The maximum atomic E-state index is 12.3. The Morgan fingerprint density at radius 1 is 0.826 bits per heavy atom. The Labute approximate surface area is 163 Å². The van der Waals surface area contributed by atoms with Gasteiger partial charge in [0.1, 0.15) is 0 Å². The molecule has 0 fully saturated rings. The van der Waals surface area contributed by atoms with Crippen LogP contribution >= 0.6 is 70.0 Å². The summed E-state index contributed by atoms with van der Waals surface area (Å²) in [5.74, 6) is 0. The first-order valence-corrected chi connectivity index (χ1v) is 10.1. The average Bonchev–Trinajstić information content (AvgIpc) is 2.51. The molecule has 0 aliphatic carbocycles. The third-order valence-corrected chi connectivity index (χ3v) is 7.97. The summed E-state index contributed by atoms with van der Waals surface area (Å²) in [4.78, 5) is 0.275. The highest BCUT2D eigenvalue weighted by molar-refractivity contribution is 8.09. The molecule has 0 aliphatic rings. The molecule has 0 aliphatic heterocycles. The average molecular weight is 452 g/mol. The van der Waals surface area contributed by atoms with Gasteiger partial charge in [0.25, 0.3) is 0 Å². The Bertz CT molecular complexity index is 825. The normalized spacial score (nSPS) is 11.7. The van der Waals surface area contributed by atoms with Crippen molar-refractivity contribution in [1.29, 1.82) is 0 Å². The van der Waals surface area contributed by atoms with Crippen LogP contribution in [0.1, 0.15) is 5.56 Å². The van der Waals surface area contributed by atoms with Gasteiger partial charge in [0, 0.05) is 0 Å². The maximum Gasteiger partial charge on any atom is 0.250 e. The monoisotopic (exact) mass is 449 g/mol. The van der Waals surface area contributed by atoms with Crippen LogP contribution in [0.2, 0.25) is 25.1 Å². The molecule has 10 heteroatoms. The van der Waals surface area contributed by atoms with Crippen molar-refractivity contribution in [2.24, 2.45) is 0 Å². The van der Waals surface area contributed by atoms with E-state index in [2.05, 4.69) is 4.13 Å². The molecule has 0 heterocycles. The number of hydrogen-bond acceptors (Lipinski definition) is 3. The van der Waals surface area contributed by atoms with Gasteiger partial charge in [-0.3, -0.25) is 0 Å².